The van der Waals surface area contributed by atoms with E-state index in [1.807, 2.05) is 12.1 Å². The average Bonchev–Trinajstić information content (AvgIpc) is 2.92. The highest BCUT2D eigenvalue weighted by Crippen LogP contribution is 2.41. The van der Waals surface area contributed by atoms with Gasteiger partial charge in [0.05, 0.1) is 17.2 Å². The van der Waals surface area contributed by atoms with Crippen LogP contribution in [-0.2, 0) is 37.5 Å². The molecule has 43 heavy (non-hydrogen) atoms. The molecule has 4 rings (SSSR count). The summed E-state index contributed by atoms with van der Waals surface area (Å²) in [6.07, 6.45) is 3.96. The number of hydrogen-bond acceptors (Lipinski definition) is 9. The van der Waals surface area contributed by atoms with Gasteiger partial charge in [0, 0.05) is 41.5 Å². The monoisotopic (exact) mass is 706 g/mol. The quantitative estimate of drug-likeness (QED) is 0.0597. The van der Waals surface area contributed by atoms with Crippen LogP contribution >= 0.6 is 58.9 Å². The van der Waals surface area contributed by atoms with E-state index in [-0.39, 0.29) is 40.8 Å². The van der Waals surface area contributed by atoms with Crippen LogP contribution in [0, 0.1) is 0 Å². The predicted molar refractivity (Wildman–Crippen MR) is 167 cm³/mol. The molecule has 2 aliphatic heterocycles. The van der Waals surface area contributed by atoms with Crippen LogP contribution in [0.3, 0.4) is 0 Å². The first-order valence-corrected chi connectivity index (χ1v) is 17.5. The largest absolute Gasteiger partial charge is 0.477 e. The van der Waals surface area contributed by atoms with Crippen molar-refractivity contribution in [2.24, 2.45) is 0 Å². The Morgan fingerprint density at radius 3 is 2.53 bits per heavy atom. The van der Waals surface area contributed by atoms with E-state index < -0.39 is 33.3 Å². The Labute approximate surface area is 271 Å². The number of aromatic nitrogens is 2. The van der Waals surface area contributed by atoms with Crippen molar-refractivity contribution in [1.29, 1.82) is 0 Å². The van der Waals surface area contributed by atoms with Gasteiger partial charge in [-0.05, 0) is 23.3 Å². The lowest BCUT2D eigenvalue weighted by Gasteiger charge is -2.49. The van der Waals surface area contributed by atoms with Crippen molar-refractivity contribution in [3.63, 3.8) is 0 Å². The number of fused-ring (bicyclic) bond motifs is 1. The summed E-state index contributed by atoms with van der Waals surface area (Å²) in [6, 6.07) is 6.28. The second kappa shape index (κ2) is 14.5. The number of halogens is 2. The first-order valence-electron chi connectivity index (χ1n) is 12.7. The SMILES string of the molecule is O=C(CC[n+]1ccc(SCC2=C(C(=O)O)N3C(=O)[C@H](NC(=S)Cc4cc(Cl)nc(Cl)c4)[C@H]3SC2)cc1)NCCS(=O)(=O)O. The summed E-state index contributed by atoms with van der Waals surface area (Å²) < 4.78 is 31.9. The number of nitrogens with one attached hydrogen (secondary N) is 2. The highest BCUT2D eigenvalue weighted by molar-refractivity contribution is 8.01. The third kappa shape index (κ3) is 9.26. The standard InChI is InChI=1S/C25H25Cl2N5O7S4/c26-17-9-14(10-18(27)29-17)11-20(40)30-21-23(34)32-22(25(35)36)15(13-42-24(21)32)12-41-16-1-5-31(6-2-16)7-3-19(33)28-4-8-43(37,38)39/h1-2,5-6,9-10,21,24H,3-4,7-8,11-13H2,(H3-,28,30,33,35,36,37,38,39,40)/p+1/t21-,24+/m0/s1. The van der Waals surface area contributed by atoms with Gasteiger partial charge in [0.25, 0.3) is 16.0 Å². The zero-order valence-electron chi connectivity index (χ0n) is 22.2. The summed E-state index contributed by atoms with van der Waals surface area (Å²) in [6.45, 7) is 0.186. The number of β-lactam (4-membered cyclic amide) rings is 1. The van der Waals surface area contributed by atoms with Gasteiger partial charge in [-0.2, -0.15) is 8.42 Å². The molecule has 2 aliphatic rings. The molecule has 0 unspecified atom stereocenters. The molecule has 18 heteroatoms. The van der Waals surface area contributed by atoms with Crippen LogP contribution in [0.5, 0.6) is 0 Å². The van der Waals surface area contributed by atoms with Gasteiger partial charge in [0.1, 0.15) is 27.4 Å². The summed E-state index contributed by atoms with van der Waals surface area (Å²) in [4.78, 5) is 43.6. The van der Waals surface area contributed by atoms with Gasteiger partial charge < -0.3 is 15.7 Å². The zero-order valence-corrected chi connectivity index (χ0v) is 27.0. The molecule has 2 atom stereocenters. The molecule has 1 saturated heterocycles. The first-order chi connectivity index (χ1) is 20.3. The number of pyridine rings is 2. The summed E-state index contributed by atoms with van der Waals surface area (Å²) in [7, 11) is -4.13. The van der Waals surface area contributed by atoms with E-state index in [9.17, 15) is 27.9 Å². The molecule has 4 heterocycles. The smallest absolute Gasteiger partial charge is 0.352 e. The Bertz CT molecular complexity index is 1550. The normalized spacial score (nSPS) is 18.1. The minimum absolute atomic E-state index is 0.0103. The fraction of sp³-hybridized carbons (Fsp3) is 0.360. The van der Waals surface area contributed by atoms with Crippen molar-refractivity contribution in [3.8, 4) is 0 Å². The molecule has 0 spiro atoms. The van der Waals surface area contributed by atoms with E-state index in [2.05, 4.69) is 15.6 Å². The van der Waals surface area contributed by atoms with Crippen LogP contribution in [0.4, 0.5) is 0 Å². The van der Waals surface area contributed by atoms with Gasteiger partial charge in [-0.1, -0.05) is 35.4 Å². The number of carbonyl (C=O) groups is 3. The van der Waals surface area contributed by atoms with Gasteiger partial charge in [0.2, 0.25) is 5.91 Å². The van der Waals surface area contributed by atoms with Crippen molar-refractivity contribution in [2.75, 3.05) is 23.8 Å². The first kappa shape index (κ1) is 33.4. The topological polar surface area (TPSA) is 170 Å². The molecule has 2 amide bonds. The molecule has 1 fully saturated rings. The van der Waals surface area contributed by atoms with E-state index in [0.717, 1.165) is 10.5 Å². The number of aliphatic carboxylic acids is 1. The Kier molecular flexibility index (Phi) is 11.3. The molecule has 2 aromatic rings. The van der Waals surface area contributed by atoms with E-state index in [4.69, 9.17) is 40.0 Å². The van der Waals surface area contributed by atoms with Crippen molar-refractivity contribution in [3.05, 3.63) is 63.8 Å². The van der Waals surface area contributed by atoms with E-state index in [0.29, 0.717) is 35.0 Å². The number of thioether (sulfide) groups is 2. The van der Waals surface area contributed by atoms with E-state index >= 15 is 0 Å². The third-order valence-corrected chi connectivity index (χ3v) is 10.1. The fourth-order valence-electron chi connectivity index (χ4n) is 4.32. The highest BCUT2D eigenvalue weighted by atomic mass is 35.5. The molecule has 0 radical (unpaired) electrons. The van der Waals surface area contributed by atoms with Gasteiger partial charge in [-0.15, -0.1) is 23.5 Å². The maximum Gasteiger partial charge on any atom is 0.352 e. The van der Waals surface area contributed by atoms with E-state index in [1.54, 1.807) is 29.1 Å². The van der Waals surface area contributed by atoms with E-state index in [1.165, 1.54) is 28.4 Å². The Morgan fingerprint density at radius 2 is 1.91 bits per heavy atom. The zero-order chi connectivity index (χ0) is 31.3. The minimum Gasteiger partial charge on any atom is -0.477 e. The van der Waals surface area contributed by atoms with Crippen molar-refractivity contribution in [1.82, 2.24) is 20.5 Å². The molecule has 0 aliphatic carbocycles. The average molecular weight is 708 g/mol. The number of carbonyl (C=O) groups excluding carboxylic acids is 2. The lowest BCUT2D eigenvalue weighted by Crippen LogP contribution is -2.70. The molecule has 4 N–H and O–H groups in total. The summed E-state index contributed by atoms with van der Waals surface area (Å²) >= 11 is 20.2. The number of amides is 2. The number of hydrogen-bond donors (Lipinski definition) is 4. The Hall–Kier alpha value is -2.47. The Morgan fingerprint density at radius 1 is 1.23 bits per heavy atom. The maximum absolute atomic E-state index is 13.0. The van der Waals surface area contributed by atoms with Gasteiger partial charge in [-0.3, -0.25) is 19.0 Å². The van der Waals surface area contributed by atoms with Crippen LogP contribution in [0.15, 0.2) is 52.8 Å². The lowest BCUT2D eigenvalue weighted by atomic mass is 10.0. The van der Waals surface area contributed by atoms with Crippen LogP contribution in [0.1, 0.15) is 12.0 Å². The highest BCUT2D eigenvalue weighted by Gasteiger charge is 2.53. The van der Waals surface area contributed by atoms with Gasteiger partial charge >= 0.3 is 5.97 Å². The number of carboxylic acids is 1. The third-order valence-electron chi connectivity index (χ3n) is 6.31. The number of thiocarbonyl (C=S) groups is 1. The predicted octanol–water partition coefficient (Wildman–Crippen LogP) is 1.94. The minimum atomic E-state index is -4.13. The number of carboxylic acid groups (broad SMARTS) is 1. The van der Waals surface area contributed by atoms with Crippen molar-refractivity contribution < 1.29 is 37.0 Å². The molecule has 230 valence electrons. The fourth-order valence-corrected chi connectivity index (χ4v) is 7.85. The molecular weight excluding hydrogens is 681 g/mol. The molecule has 0 aromatic carbocycles. The second-order valence-corrected chi connectivity index (χ2v) is 14.4. The lowest BCUT2D eigenvalue weighted by molar-refractivity contribution is -0.696. The number of rotatable bonds is 13. The Balaban J connectivity index is 1.30. The van der Waals surface area contributed by atoms with Crippen molar-refractivity contribution in [2.45, 2.75) is 35.7 Å². The maximum atomic E-state index is 13.0. The van der Waals surface area contributed by atoms with Crippen LogP contribution in [-0.4, -0.2) is 86.0 Å². The molecule has 2 aromatic heterocycles. The molecular formula is C25H26Cl2N5O7S4+. The number of aryl methyl sites for hydroxylation is 1. The van der Waals surface area contributed by atoms with Crippen LogP contribution in [0.25, 0.3) is 0 Å². The van der Waals surface area contributed by atoms with Crippen LogP contribution < -0.4 is 15.2 Å². The van der Waals surface area contributed by atoms with Crippen LogP contribution in [0.2, 0.25) is 10.3 Å². The van der Waals surface area contributed by atoms with Gasteiger partial charge in [-0.25, -0.2) is 14.3 Å². The van der Waals surface area contributed by atoms with Crippen molar-refractivity contribution >= 4 is 91.8 Å². The molecule has 0 bridgehead atoms. The summed E-state index contributed by atoms with van der Waals surface area (Å²) in [5.74, 6) is -1.63. The molecule has 12 nitrogen and oxygen atoms in total. The summed E-state index contributed by atoms with van der Waals surface area (Å²) in [5.41, 5.74) is 1.36. The second-order valence-electron chi connectivity index (χ2n) is 9.46. The summed E-state index contributed by atoms with van der Waals surface area (Å²) in [5, 5.41) is 15.5. The number of nitrogens with zero attached hydrogens (tertiary/aromatic N) is 3. The molecule has 0 saturated carbocycles. The van der Waals surface area contributed by atoms with Gasteiger partial charge in [0.15, 0.2) is 18.9 Å².